The molecular formula is C20H25N3O2S. The van der Waals surface area contributed by atoms with Crippen LogP contribution in [0, 0.1) is 0 Å². The highest BCUT2D eigenvalue weighted by molar-refractivity contribution is 7.80. The summed E-state index contributed by atoms with van der Waals surface area (Å²) in [5, 5.41) is 2.40. The van der Waals surface area contributed by atoms with E-state index in [1.54, 1.807) is 14.2 Å². The molecule has 138 valence electrons. The molecule has 26 heavy (non-hydrogen) atoms. The number of anilines is 1. The molecular weight excluding hydrogens is 346 g/mol. The van der Waals surface area contributed by atoms with Gasteiger partial charge in [-0.05, 0) is 24.1 Å². The van der Waals surface area contributed by atoms with Gasteiger partial charge >= 0.3 is 0 Å². The predicted molar refractivity (Wildman–Crippen MR) is 111 cm³/mol. The van der Waals surface area contributed by atoms with Crippen LogP contribution in [0.5, 0.6) is 0 Å². The molecule has 0 unspecified atom stereocenters. The third-order valence-electron chi connectivity index (χ3n) is 4.78. The zero-order chi connectivity index (χ0) is 18.8. The summed E-state index contributed by atoms with van der Waals surface area (Å²) in [4.78, 5) is 3.50. The number of nitrogens with zero attached hydrogens (tertiary/aromatic N) is 1. The first-order valence-electron chi connectivity index (χ1n) is 8.46. The molecule has 0 saturated carbocycles. The van der Waals surface area contributed by atoms with Crippen molar-refractivity contribution in [3.8, 4) is 11.3 Å². The van der Waals surface area contributed by atoms with Crippen LogP contribution in [0.3, 0.4) is 0 Å². The lowest BCUT2D eigenvalue weighted by atomic mass is 10.0. The Morgan fingerprint density at radius 3 is 2.85 bits per heavy atom. The second kappa shape index (κ2) is 7.41. The van der Waals surface area contributed by atoms with Crippen molar-refractivity contribution in [3.63, 3.8) is 0 Å². The van der Waals surface area contributed by atoms with E-state index in [2.05, 4.69) is 36.3 Å². The number of methoxy groups -OCH3 is 2. The van der Waals surface area contributed by atoms with Gasteiger partial charge in [0.15, 0.2) is 11.5 Å². The minimum Gasteiger partial charge on any atom is -0.493 e. The SMILES string of the molecule is C=C(OC)/C(=C\c1c(N)c(-c2cc3c([nH]2)=CCCC=3CS)cn1C)OC. The van der Waals surface area contributed by atoms with E-state index in [1.807, 2.05) is 23.9 Å². The minimum absolute atomic E-state index is 0.451. The average Bonchev–Trinajstić information content (AvgIpc) is 3.20. The lowest BCUT2D eigenvalue weighted by Gasteiger charge is -2.09. The van der Waals surface area contributed by atoms with Gasteiger partial charge in [0, 0.05) is 36.0 Å². The molecule has 0 fully saturated rings. The van der Waals surface area contributed by atoms with Crippen LogP contribution in [0.4, 0.5) is 5.69 Å². The largest absolute Gasteiger partial charge is 0.493 e. The Morgan fingerprint density at radius 2 is 2.19 bits per heavy atom. The molecule has 0 bridgehead atoms. The van der Waals surface area contributed by atoms with Gasteiger partial charge in [0.1, 0.15) is 0 Å². The van der Waals surface area contributed by atoms with Crippen LogP contribution >= 0.6 is 12.6 Å². The van der Waals surface area contributed by atoms with Crippen molar-refractivity contribution >= 4 is 36.0 Å². The number of fused-ring (bicyclic) bond motifs is 1. The van der Waals surface area contributed by atoms with Crippen LogP contribution < -0.4 is 16.3 Å². The van der Waals surface area contributed by atoms with Gasteiger partial charge in [-0.25, -0.2) is 0 Å². The molecule has 0 aliphatic heterocycles. The summed E-state index contributed by atoms with van der Waals surface area (Å²) in [5.41, 5.74) is 11.3. The van der Waals surface area contributed by atoms with Crippen LogP contribution in [0.1, 0.15) is 18.5 Å². The first-order valence-corrected chi connectivity index (χ1v) is 9.09. The number of aryl methyl sites for hydroxylation is 1. The van der Waals surface area contributed by atoms with E-state index in [4.69, 9.17) is 15.2 Å². The Hall–Kier alpha value is -2.47. The average molecular weight is 372 g/mol. The number of nitrogens with two attached hydrogens (primary N) is 1. The summed E-state index contributed by atoms with van der Waals surface area (Å²) in [5.74, 6) is 1.76. The topological polar surface area (TPSA) is 65.2 Å². The Bertz CT molecular complexity index is 995. The maximum Gasteiger partial charge on any atom is 0.162 e. The van der Waals surface area contributed by atoms with E-state index in [9.17, 15) is 0 Å². The number of aromatic nitrogens is 2. The zero-order valence-electron chi connectivity index (χ0n) is 15.4. The molecule has 0 amide bonds. The number of H-pyrrole nitrogens is 1. The van der Waals surface area contributed by atoms with Crippen LogP contribution in [-0.2, 0) is 16.5 Å². The molecule has 2 aromatic heterocycles. The van der Waals surface area contributed by atoms with Gasteiger partial charge in [0.2, 0.25) is 0 Å². The minimum atomic E-state index is 0.451. The first-order chi connectivity index (χ1) is 12.5. The molecule has 1 aliphatic rings. The highest BCUT2D eigenvalue weighted by Crippen LogP contribution is 2.30. The summed E-state index contributed by atoms with van der Waals surface area (Å²) < 4.78 is 12.5. The summed E-state index contributed by atoms with van der Waals surface area (Å²) in [6.45, 7) is 3.84. The number of hydrogen-bond acceptors (Lipinski definition) is 4. The fraction of sp³-hybridized carbons (Fsp3) is 0.300. The van der Waals surface area contributed by atoms with Crippen molar-refractivity contribution in [2.45, 2.75) is 12.8 Å². The second-order valence-corrected chi connectivity index (χ2v) is 6.62. The van der Waals surface area contributed by atoms with Crippen molar-refractivity contribution in [3.05, 3.63) is 46.6 Å². The fourth-order valence-corrected chi connectivity index (χ4v) is 3.62. The van der Waals surface area contributed by atoms with Gasteiger partial charge in [0.25, 0.3) is 0 Å². The number of rotatable bonds is 6. The third kappa shape index (κ3) is 3.17. The van der Waals surface area contributed by atoms with Gasteiger partial charge in [-0.1, -0.05) is 18.2 Å². The zero-order valence-corrected chi connectivity index (χ0v) is 16.3. The molecule has 0 spiro atoms. The summed E-state index contributed by atoms with van der Waals surface area (Å²) >= 11 is 4.47. The molecule has 6 heteroatoms. The van der Waals surface area contributed by atoms with Crippen molar-refractivity contribution < 1.29 is 9.47 Å². The fourth-order valence-electron chi connectivity index (χ4n) is 3.29. The van der Waals surface area contributed by atoms with Gasteiger partial charge in [0.05, 0.1) is 31.3 Å². The maximum absolute atomic E-state index is 6.46. The maximum atomic E-state index is 6.46. The number of nitrogen functional groups attached to an aromatic ring is 1. The Morgan fingerprint density at radius 1 is 1.42 bits per heavy atom. The standard InChI is InChI=1S/C20H25N3O2S/c1-12(24-3)19(25-4)9-18-20(21)15(10-23(18)2)17-8-14-13(11-26)6-5-7-16(14)22-17/h7-10,22,26H,1,5-6,11,21H2,2-4H3/b19-9+. The lowest BCUT2D eigenvalue weighted by Crippen LogP contribution is -2.28. The molecule has 3 rings (SSSR count). The van der Waals surface area contributed by atoms with Crippen LogP contribution in [0.25, 0.3) is 29.0 Å². The molecule has 0 radical (unpaired) electrons. The Balaban J connectivity index is 2.12. The Kier molecular flexibility index (Phi) is 5.23. The number of aromatic amines is 1. The van der Waals surface area contributed by atoms with Gasteiger partial charge in [-0.3, -0.25) is 0 Å². The molecule has 0 atom stereocenters. The van der Waals surface area contributed by atoms with E-state index in [1.165, 1.54) is 10.8 Å². The van der Waals surface area contributed by atoms with Gasteiger partial charge < -0.3 is 24.8 Å². The van der Waals surface area contributed by atoms with E-state index < -0.39 is 0 Å². The van der Waals surface area contributed by atoms with Crippen molar-refractivity contribution in [1.82, 2.24) is 9.55 Å². The highest BCUT2D eigenvalue weighted by Gasteiger charge is 2.16. The monoisotopic (exact) mass is 371 g/mol. The van der Waals surface area contributed by atoms with E-state index in [0.29, 0.717) is 17.2 Å². The van der Waals surface area contributed by atoms with E-state index in [-0.39, 0.29) is 0 Å². The van der Waals surface area contributed by atoms with Gasteiger partial charge in [-0.2, -0.15) is 12.6 Å². The molecule has 2 heterocycles. The van der Waals surface area contributed by atoms with Crippen molar-refractivity contribution in [2.24, 2.45) is 7.05 Å². The summed E-state index contributed by atoms with van der Waals surface area (Å²) in [6, 6.07) is 2.17. The normalized spacial score (nSPS) is 14.0. The lowest BCUT2D eigenvalue weighted by molar-refractivity contribution is 0.224. The van der Waals surface area contributed by atoms with Gasteiger partial charge in [-0.15, -0.1) is 0 Å². The number of ether oxygens (including phenoxy) is 2. The molecule has 1 aliphatic carbocycles. The van der Waals surface area contributed by atoms with Crippen molar-refractivity contribution in [1.29, 1.82) is 0 Å². The first kappa shape index (κ1) is 18.3. The van der Waals surface area contributed by atoms with E-state index in [0.717, 1.165) is 40.9 Å². The van der Waals surface area contributed by atoms with Crippen LogP contribution in [0.15, 0.2) is 30.4 Å². The smallest absolute Gasteiger partial charge is 0.162 e. The van der Waals surface area contributed by atoms with Crippen LogP contribution in [-0.4, -0.2) is 29.5 Å². The van der Waals surface area contributed by atoms with Crippen molar-refractivity contribution in [2.75, 3.05) is 25.7 Å². The number of nitrogens with one attached hydrogen (secondary N) is 1. The van der Waals surface area contributed by atoms with E-state index >= 15 is 0 Å². The summed E-state index contributed by atoms with van der Waals surface area (Å²) in [7, 11) is 5.10. The molecule has 3 N–H and O–H groups in total. The molecule has 2 aromatic rings. The molecule has 5 nitrogen and oxygen atoms in total. The molecule has 0 saturated heterocycles. The molecule has 0 aromatic carbocycles. The van der Waals surface area contributed by atoms with Crippen LogP contribution in [0.2, 0.25) is 0 Å². The quantitative estimate of drug-likeness (QED) is 0.415. The second-order valence-electron chi connectivity index (χ2n) is 6.31. The predicted octanol–water partition coefficient (Wildman–Crippen LogP) is 2.40. The number of thiol groups is 1. The number of hydrogen-bond donors (Lipinski definition) is 3. The Labute approximate surface area is 158 Å². The summed E-state index contributed by atoms with van der Waals surface area (Å²) in [6.07, 6.45) is 8.18. The highest BCUT2D eigenvalue weighted by atomic mass is 32.1. The third-order valence-corrected chi connectivity index (χ3v) is 5.16.